The smallest absolute Gasteiger partial charge is 0.251 e. The number of carbonyl (C=O) groups is 2. The van der Waals surface area contributed by atoms with Crippen molar-refractivity contribution in [3.05, 3.63) is 59.8 Å². The van der Waals surface area contributed by atoms with Gasteiger partial charge in [0.05, 0.1) is 21.5 Å². The molecule has 1 aliphatic carbocycles. The van der Waals surface area contributed by atoms with Gasteiger partial charge in [0, 0.05) is 36.5 Å². The van der Waals surface area contributed by atoms with Crippen LogP contribution in [0.4, 0.5) is 0 Å². The third-order valence-electron chi connectivity index (χ3n) is 5.89. The minimum atomic E-state index is -0.738. The molecular formula is C23H22N4O3S. The van der Waals surface area contributed by atoms with E-state index >= 15 is 0 Å². The fourth-order valence-corrected chi connectivity index (χ4v) is 4.87. The van der Waals surface area contributed by atoms with Gasteiger partial charge in [0.15, 0.2) is 4.96 Å². The van der Waals surface area contributed by atoms with Gasteiger partial charge in [0.1, 0.15) is 0 Å². The van der Waals surface area contributed by atoms with E-state index in [9.17, 15) is 14.7 Å². The Morgan fingerprint density at radius 2 is 1.87 bits per heavy atom. The van der Waals surface area contributed by atoms with Crippen molar-refractivity contribution in [1.29, 1.82) is 0 Å². The van der Waals surface area contributed by atoms with Gasteiger partial charge in [-0.2, -0.15) is 0 Å². The number of amides is 2. The van der Waals surface area contributed by atoms with Crippen LogP contribution in [0.25, 0.3) is 26.4 Å². The van der Waals surface area contributed by atoms with Crippen molar-refractivity contribution < 1.29 is 14.7 Å². The third kappa shape index (κ3) is 3.58. The molecule has 5 rings (SSSR count). The Bertz CT molecular complexity index is 1300. The SMILES string of the molecule is CNC(=O)c1ccc(-c2cn3c(n2)sc2cc(C(=O)NCC4(O)CCC4)ccc23)cc1. The molecule has 1 saturated carbocycles. The van der Waals surface area contributed by atoms with Gasteiger partial charge in [-0.3, -0.25) is 14.0 Å². The summed E-state index contributed by atoms with van der Waals surface area (Å²) < 4.78 is 2.99. The van der Waals surface area contributed by atoms with E-state index in [4.69, 9.17) is 4.98 Å². The first-order chi connectivity index (χ1) is 15.0. The van der Waals surface area contributed by atoms with Gasteiger partial charge in [-0.1, -0.05) is 23.5 Å². The molecule has 2 heterocycles. The molecule has 2 aromatic carbocycles. The van der Waals surface area contributed by atoms with E-state index in [1.807, 2.05) is 34.9 Å². The third-order valence-corrected chi connectivity index (χ3v) is 6.91. The number of imidazole rings is 1. The van der Waals surface area contributed by atoms with Crippen LogP contribution in [-0.4, -0.2) is 45.5 Å². The Kier molecular flexibility index (Phi) is 4.75. The van der Waals surface area contributed by atoms with E-state index in [1.165, 1.54) is 11.3 Å². The van der Waals surface area contributed by atoms with Gasteiger partial charge in [0.2, 0.25) is 0 Å². The van der Waals surface area contributed by atoms with Gasteiger partial charge in [-0.15, -0.1) is 0 Å². The summed E-state index contributed by atoms with van der Waals surface area (Å²) in [7, 11) is 1.61. The number of nitrogens with zero attached hydrogens (tertiary/aromatic N) is 2. The van der Waals surface area contributed by atoms with Crippen molar-refractivity contribution in [2.75, 3.05) is 13.6 Å². The molecule has 158 valence electrons. The molecule has 0 radical (unpaired) electrons. The lowest BCUT2D eigenvalue weighted by Gasteiger charge is -2.36. The van der Waals surface area contributed by atoms with Crippen LogP contribution in [-0.2, 0) is 0 Å². The van der Waals surface area contributed by atoms with E-state index < -0.39 is 5.60 Å². The topological polar surface area (TPSA) is 95.7 Å². The summed E-state index contributed by atoms with van der Waals surface area (Å²) in [4.78, 5) is 29.8. The molecular weight excluding hydrogens is 412 g/mol. The molecule has 31 heavy (non-hydrogen) atoms. The maximum atomic E-state index is 12.5. The van der Waals surface area contributed by atoms with Crippen molar-refractivity contribution in [3.63, 3.8) is 0 Å². The quantitative estimate of drug-likeness (QED) is 0.449. The number of fused-ring (bicyclic) bond motifs is 3. The standard InChI is InChI=1S/C23H22N4O3S/c1-24-20(28)15-5-3-14(4-6-15)17-12-27-18-8-7-16(11-19(18)31-22(27)26-17)21(29)25-13-23(30)9-2-10-23/h3-8,11-12,30H,2,9-10,13H2,1H3,(H,24,28)(H,25,29). The van der Waals surface area contributed by atoms with E-state index in [1.54, 1.807) is 25.2 Å². The van der Waals surface area contributed by atoms with Gasteiger partial charge >= 0.3 is 0 Å². The average Bonchev–Trinajstić information content (AvgIpc) is 3.33. The zero-order chi connectivity index (χ0) is 21.6. The lowest BCUT2D eigenvalue weighted by molar-refractivity contribution is -0.0300. The Morgan fingerprint density at radius 1 is 1.13 bits per heavy atom. The molecule has 3 N–H and O–H groups in total. The minimum Gasteiger partial charge on any atom is -0.388 e. The highest BCUT2D eigenvalue weighted by Crippen LogP contribution is 2.32. The lowest BCUT2D eigenvalue weighted by Crippen LogP contribution is -2.47. The normalized spacial score (nSPS) is 15.0. The second-order valence-electron chi connectivity index (χ2n) is 7.98. The average molecular weight is 435 g/mol. The zero-order valence-electron chi connectivity index (χ0n) is 17.0. The Morgan fingerprint density at radius 3 is 2.55 bits per heavy atom. The molecule has 7 nitrogen and oxygen atoms in total. The molecule has 8 heteroatoms. The predicted octanol–water partition coefficient (Wildman–Crippen LogP) is 3.22. The number of benzene rings is 2. The largest absolute Gasteiger partial charge is 0.388 e. The molecule has 1 fully saturated rings. The Hall–Kier alpha value is -3.23. The maximum absolute atomic E-state index is 12.5. The molecule has 0 atom stereocenters. The molecule has 0 aliphatic heterocycles. The second-order valence-corrected chi connectivity index (χ2v) is 8.99. The van der Waals surface area contributed by atoms with Crippen LogP contribution >= 0.6 is 11.3 Å². The number of thiazole rings is 1. The molecule has 0 spiro atoms. The molecule has 4 aromatic rings. The van der Waals surface area contributed by atoms with Gasteiger partial charge in [-0.25, -0.2) is 4.98 Å². The van der Waals surface area contributed by atoms with E-state index in [-0.39, 0.29) is 11.8 Å². The highest BCUT2D eigenvalue weighted by molar-refractivity contribution is 7.23. The van der Waals surface area contributed by atoms with Crippen LogP contribution in [0.1, 0.15) is 40.0 Å². The first kappa shape index (κ1) is 19.7. The van der Waals surface area contributed by atoms with E-state index in [2.05, 4.69) is 10.6 Å². The summed E-state index contributed by atoms with van der Waals surface area (Å²) in [6.45, 7) is 0.291. The van der Waals surface area contributed by atoms with Crippen molar-refractivity contribution in [2.24, 2.45) is 0 Å². The van der Waals surface area contributed by atoms with Crippen LogP contribution in [0.2, 0.25) is 0 Å². The fourth-order valence-electron chi connectivity index (χ4n) is 3.83. The zero-order valence-corrected chi connectivity index (χ0v) is 17.8. The van der Waals surface area contributed by atoms with Crippen molar-refractivity contribution in [1.82, 2.24) is 20.0 Å². The summed E-state index contributed by atoms with van der Waals surface area (Å²) >= 11 is 1.52. The first-order valence-corrected chi connectivity index (χ1v) is 11.0. The minimum absolute atomic E-state index is 0.120. The number of hydrogen-bond donors (Lipinski definition) is 3. The van der Waals surface area contributed by atoms with Crippen LogP contribution in [0.15, 0.2) is 48.7 Å². The number of carbonyl (C=O) groups excluding carboxylic acids is 2. The predicted molar refractivity (Wildman–Crippen MR) is 121 cm³/mol. The molecule has 2 amide bonds. The highest BCUT2D eigenvalue weighted by atomic mass is 32.1. The van der Waals surface area contributed by atoms with Gasteiger partial charge in [0.25, 0.3) is 11.8 Å². The lowest BCUT2D eigenvalue weighted by atomic mass is 9.80. The molecule has 0 unspecified atom stereocenters. The second kappa shape index (κ2) is 7.47. The number of hydrogen-bond acceptors (Lipinski definition) is 5. The summed E-state index contributed by atoms with van der Waals surface area (Å²) in [6.07, 6.45) is 4.46. The number of aliphatic hydroxyl groups is 1. The summed E-state index contributed by atoms with van der Waals surface area (Å²) in [6, 6.07) is 12.9. The summed E-state index contributed by atoms with van der Waals surface area (Å²) in [5.74, 6) is -0.296. The Balaban J connectivity index is 1.39. The highest BCUT2D eigenvalue weighted by Gasteiger charge is 2.34. The number of nitrogens with one attached hydrogen (secondary N) is 2. The van der Waals surface area contributed by atoms with Crippen LogP contribution < -0.4 is 10.6 Å². The van der Waals surface area contributed by atoms with E-state index in [0.717, 1.165) is 45.7 Å². The van der Waals surface area contributed by atoms with Gasteiger partial charge < -0.3 is 15.7 Å². The van der Waals surface area contributed by atoms with Gasteiger partial charge in [-0.05, 0) is 49.6 Å². The van der Waals surface area contributed by atoms with Crippen LogP contribution in [0.3, 0.4) is 0 Å². The van der Waals surface area contributed by atoms with Crippen molar-refractivity contribution >= 4 is 38.3 Å². The fraction of sp³-hybridized carbons (Fsp3) is 0.261. The Labute approximate surface area is 182 Å². The monoisotopic (exact) mass is 434 g/mol. The number of rotatable bonds is 5. The van der Waals surface area contributed by atoms with E-state index in [0.29, 0.717) is 17.7 Å². The van der Waals surface area contributed by atoms with Crippen molar-refractivity contribution in [2.45, 2.75) is 24.9 Å². The summed E-state index contributed by atoms with van der Waals surface area (Å²) in [5, 5.41) is 15.6. The molecule has 1 aliphatic rings. The number of aromatic nitrogens is 2. The molecule has 0 saturated heterocycles. The molecule has 2 aromatic heterocycles. The molecule has 0 bridgehead atoms. The first-order valence-electron chi connectivity index (χ1n) is 10.2. The van der Waals surface area contributed by atoms with Crippen LogP contribution in [0, 0.1) is 0 Å². The maximum Gasteiger partial charge on any atom is 0.251 e. The van der Waals surface area contributed by atoms with Crippen LogP contribution in [0.5, 0.6) is 0 Å². The van der Waals surface area contributed by atoms with Crippen molar-refractivity contribution in [3.8, 4) is 11.3 Å². The summed E-state index contributed by atoms with van der Waals surface area (Å²) in [5.41, 5.74) is 3.18.